The number of piperidine rings is 2. The van der Waals surface area contributed by atoms with Crippen molar-refractivity contribution in [3.8, 4) is 11.5 Å². The number of benzene rings is 3. The largest absolute Gasteiger partial charge is 0.490 e. The van der Waals surface area contributed by atoms with Crippen LogP contribution >= 0.6 is 0 Å². The van der Waals surface area contributed by atoms with Crippen LogP contribution < -0.4 is 25.8 Å². The smallest absolute Gasteiger partial charge is 0.416 e. The Labute approximate surface area is 369 Å². The number of carbonyl (C=O) groups is 3. The van der Waals surface area contributed by atoms with Crippen LogP contribution in [0.25, 0.3) is 10.9 Å². The summed E-state index contributed by atoms with van der Waals surface area (Å²) in [5, 5.41) is 6.24. The molecular formula is C47H55F4N7O6. The summed E-state index contributed by atoms with van der Waals surface area (Å²) in [7, 11) is 0. The number of rotatable bonds is 16. The molecule has 342 valence electrons. The second-order valence-corrected chi connectivity index (χ2v) is 17.4. The van der Waals surface area contributed by atoms with Gasteiger partial charge in [-0.25, -0.2) is 14.4 Å². The van der Waals surface area contributed by atoms with E-state index in [1.807, 2.05) is 12.1 Å². The molecule has 1 aromatic heterocycles. The number of likely N-dealkylation sites (tertiary alicyclic amines) is 1. The number of fused-ring (bicyclic) bond motifs is 2. The van der Waals surface area contributed by atoms with Gasteiger partial charge in [0.15, 0.2) is 11.5 Å². The predicted molar refractivity (Wildman–Crippen MR) is 231 cm³/mol. The topological polar surface area (TPSA) is 161 Å². The summed E-state index contributed by atoms with van der Waals surface area (Å²) in [4.78, 5) is 50.8. The molecule has 3 atom stereocenters. The molecule has 3 aromatic carbocycles. The highest BCUT2D eigenvalue weighted by Gasteiger charge is 2.41. The van der Waals surface area contributed by atoms with Crippen molar-refractivity contribution in [3.05, 3.63) is 81.9 Å². The molecule has 5 heterocycles. The number of amides is 3. The molecule has 0 spiro atoms. The summed E-state index contributed by atoms with van der Waals surface area (Å²) < 4.78 is 73.9. The van der Waals surface area contributed by atoms with Gasteiger partial charge in [0, 0.05) is 42.1 Å². The minimum atomic E-state index is -4.54. The van der Waals surface area contributed by atoms with Crippen molar-refractivity contribution < 1.29 is 46.2 Å². The summed E-state index contributed by atoms with van der Waals surface area (Å²) in [6.07, 6.45) is 3.15. The molecule has 0 aliphatic carbocycles. The highest BCUT2D eigenvalue weighted by molar-refractivity contribution is 6.05. The third kappa shape index (κ3) is 10.4. The SMILES string of the molecule is Cc1nc(NC(C)c2cc(N)cc(C(F)(F)F)c2)c2cc(O[C@H]3CCOC3)c(OCCCCCCCN3CCC(c4cc(F)cc5c4CN(C4CCC(=O)NC4=O)C5=O)CC3)cc2n1. The number of hydrogen-bond donors (Lipinski definition) is 3. The van der Waals surface area contributed by atoms with Crippen molar-refractivity contribution in [2.24, 2.45) is 0 Å². The second kappa shape index (κ2) is 19.3. The Balaban J connectivity index is 0.815. The first-order chi connectivity index (χ1) is 30.7. The number of anilines is 2. The third-order valence-corrected chi connectivity index (χ3v) is 12.8. The Morgan fingerprint density at radius 2 is 1.73 bits per heavy atom. The van der Waals surface area contributed by atoms with E-state index in [0.29, 0.717) is 65.0 Å². The number of nitrogens with two attached hydrogens (primary N) is 1. The summed E-state index contributed by atoms with van der Waals surface area (Å²) >= 11 is 0. The van der Waals surface area contributed by atoms with Gasteiger partial charge in [0.05, 0.1) is 36.9 Å². The van der Waals surface area contributed by atoms with Crippen LogP contribution in [0.1, 0.15) is 122 Å². The molecule has 4 N–H and O–H groups in total. The normalized spacial score (nSPS) is 20.2. The number of alkyl halides is 3. The predicted octanol–water partition coefficient (Wildman–Crippen LogP) is 7.99. The van der Waals surface area contributed by atoms with E-state index >= 15 is 0 Å². The van der Waals surface area contributed by atoms with Crippen molar-refractivity contribution in [3.63, 3.8) is 0 Å². The van der Waals surface area contributed by atoms with E-state index < -0.39 is 35.5 Å². The zero-order valence-electron chi connectivity index (χ0n) is 36.2. The van der Waals surface area contributed by atoms with Gasteiger partial charge in [-0.3, -0.25) is 19.7 Å². The lowest BCUT2D eigenvalue weighted by atomic mass is 9.85. The molecule has 13 nitrogen and oxygen atoms in total. The van der Waals surface area contributed by atoms with Crippen molar-refractivity contribution in [1.82, 2.24) is 25.1 Å². The van der Waals surface area contributed by atoms with Gasteiger partial charge in [0.2, 0.25) is 11.8 Å². The molecule has 0 saturated carbocycles. The van der Waals surface area contributed by atoms with E-state index in [-0.39, 0.29) is 48.9 Å². The fourth-order valence-electron chi connectivity index (χ4n) is 9.37. The molecule has 8 rings (SSSR count). The maximum Gasteiger partial charge on any atom is 0.416 e. The minimum Gasteiger partial charge on any atom is -0.490 e. The number of nitrogens with one attached hydrogen (secondary N) is 2. The van der Waals surface area contributed by atoms with E-state index in [1.165, 1.54) is 17.0 Å². The van der Waals surface area contributed by atoms with Crippen molar-refractivity contribution >= 4 is 40.1 Å². The summed E-state index contributed by atoms with van der Waals surface area (Å²) in [6.45, 7) is 7.99. The molecule has 4 aliphatic heterocycles. The maximum absolute atomic E-state index is 14.9. The number of nitrogens with zero attached hydrogens (tertiary/aromatic N) is 4. The zero-order valence-corrected chi connectivity index (χ0v) is 36.2. The highest BCUT2D eigenvalue weighted by atomic mass is 19.4. The van der Waals surface area contributed by atoms with Gasteiger partial charge >= 0.3 is 6.18 Å². The highest BCUT2D eigenvalue weighted by Crippen LogP contribution is 2.40. The Morgan fingerprint density at radius 1 is 0.953 bits per heavy atom. The Kier molecular flexibility index (Phi) is 13.6. The fourth-order valence-corrected chi connectivity index (χ4v) is 9.37. The number of aromatic nitrogens is 2. The van der Waals surface area contributed by atoms with Gasteiger partial charge in [-0.1, -0.05) is 19.3 Å². The van der Waals surface area contributed by atoms with Gasteiger partial charge in [-0.2, -0.15) is 13.2 Å². The Bertz CT molecular complexity index is 2380. The third-order valence-electron chi connectivity index (χ3n) is 12.8. The van der Waals surface area contributed by atoms with Gasteiger partial charge in [0.1, 0.15) is 29.6 Å². The number of unbranched alkanes of at least 4 members (excludes halogenated alkanes) is 4. The lowest BCUT2D eigenvalue weighted by Gasteiger charge is -2.33. The van der Waals surface area contributed by atoms with Crippen molar-refractivity contribution in [2.75, 3.05) is 50.5 Å². The molecule has 0 radical (unpaired) electrons. The van der Waals surface area contributed by atoms with E-state index in [0.717, 1.165) is 94.3 Å². The Morgan fingerprint density at radius 3 is 2.48 bits per heavy atom. The molecular weight excluding hydrogens is 835 g/mol. The standard InChI is InChI=1S/C47H55F4N7O6/c1-27(30-18-31(47(49,50)51)20-33(52)19-30)53-44-37-23-42(64-34-12-17-62-26-34)41(24-39(37)54-28(2)55-44)63-16-7-5-3-4-6-13-57-14-10-29(11-15-57)35-21-32(48)22-36-38(35)25-58(46(36)61)40-8-9-43(59)56-45(40)60/h18-24,27,29,34,40H,3-17,25-26,52H2,1-2H3,(H,53,54,55)(H,56,59,60)/t27?,34-,40?/m0/s1. The van der Waals surface area contributed by atoms with Crippen LogP contribution in [-0.2, 0) is 27.0 Å². The minimum absolute atomic E-state index is 0.0175. The quantitative estimate of drug-likeness (QED) is 0.0433. The Hall–Kier alpha value is -5.55. The first kappa shape index (κ1) is 45.0. The molecule has 4 aliphatic rings. The summed E-state index contributed by atoms with van der Waals surface area (Å²) in [6, 6.07) is 8.71. The molecule has 4 aromatic rings. The number of nitrogen functional groups attached to an aromatic ring is 1. The van der Waals surface area contributed by atoms with E-state index in [4.69, 9.17) is 19.9 Å². The second-order valence-electron chi connectivity index (χ2n) is 17.4. The zero-order chi connectivity index (χ0) is 45.1. The lowest BCUT2D eigenvalue weighted by Crippen LogP contribution is -2.52. The monoisotopic (exact) mass is 889 g/mol. The van der Waals surface area contributed by atoms with Crippen LogP contribution in [0.4, 0.5) is 29.1 Å². The van der Waals surface area contributed by atoms with Crippen molar-refractivity contribution in [1.29, 1.82) is 0 Å². The first-order valence-corrected chi connectivity index (χ1v) is 22.3. The molecule has 0 bridgehead atoms. The van der Waals surface area contributed by atoms with Crippen LogP contribution in [0.3, 0.4) is 0 Å². The van der Waals surface area contributed by atoms with E-state index in [1.54, 1.807) is 19.9 Å². The number of ether oxygens (including phenoxy) is 3. The molecule has 3 saturated heterocycles. The van der Waals surface area contributed by atoms with Gasteiger partial charge in [-0.15, -0.1) is 0 Å². The number of halogens is 4. The molecule has 3 amide bonds. The number of carbonyl (C=O) groups excluding carboxylic acids is 3. The van der Waals surface area contributed by atoms with Crippen molar-refractivity contribution in [2.45, 2.75) is 115 Å². The summed E-state index contributed by atoms with van der Waals surface area (Å²) in [5.74, 6) is 0.482. The average molecular weight is 890 g/mol. The van der Waals surface area contributed by atoms with Crippen LogP contribution in [0.5, 0.6) is 11.5 Å². The van der Waals surface area contributed by atoms with E-state index in [2.05, 4.69) is 25.5 Å². The van der Waals surface area contributed by atoms with Gasteiger partial charge in [0.25, 0.3) is 5.91 Å². The molecule has 17 heteroatoms. The van der Waals surface area contributed by atoms with Crippen LogP contribution in [0.15, 0.2) is 42.5 Å². The molecule has 3 fully saturated rings. The average Bonchev–Trinajstić information content (AvgIpc) is 3.88. The number of imide groups is 1. The van der Waals surface area contributed by atoms with Crippen LogP contribution in [-0.4, -0.2) is 89.1 Å². The molecule has 2 unspecified atom stereocenters. The molecule has 64 heavy (non-hydrogen) atoms. The maximum atomic E-state index is 14.9. The number of hydrogen-bond acceptors (Lipinski definition) is 11. The lowest BCUT2D eigenvalue weighted by molar-refractivity contribution is -0.138. The van der Waals surface area contributed by atoms with Gasteiger partial charge in [-0.05, 0) is 125 Å². The first-order valence-electron chi connectivity index (χ1n) is 22.3. The fraction of sp³-hybridized carbons (Fsp3) is 0.511. The summed E-state index contributed by atoms with van der Waals surface area (Å²) in [5.41, 5.74) is 8.01. The number of aryl methyl sites for hydroxylation is 1. The van der Waals surface area contributed by atoms with Gasteiger partial charge < -0.3 is 35.1 Å². The van der Waals surface area contributed by atoms with E-state index in [9.17, 15) is 31.9 Å². The van der Waals surface area contributed by atoms with Crippen LogP contribution in [0.2, 0.25) is 0 Å². The van der Waals surface area contributed by atoms with Crippen LogP contribution in [0, 0.1) is 12.7 Å².